The first-order valence-corrected chi connectivity index (χ1v) is 11.7. The van der Waals surface area contributed by atoms with Crippen LogP contribution in [0.15, 0.2) is 12.3 Å². The summed E-state index contributed by atoms with van der Waals surface area (Å²) >= 11 is 1.75. The van der Waals surface area contributed by atoms with Crippen molar-refractivity contribution in [1.29, 1.82) is 0 Å². The third kappa shape index (κ3) is 3.47. The summed E-state index contributed by atoms with van der Waals surface area (Å²) in [4.78, 5) is 9.38. The van der Waals surface area contributed by atoms with Crippen LogP contribution in [0.2, 0.25) is 0 Å². The number of fused-ring (bicyclic) bond motifs is 3. The van der Waals surface area contributed by atoms with E-state index in [-0.39, 0.29) is 30.8 Å². The van der Waals surface area contributed by atoms with Gasteiger partial charge in [0.1, 0.15) is 10.6 Å². The summed E-state index contributed by atoms with van der Waals surface area (Å²) in [5.41, 5.74) is 1.15. The van der Waals surface area contributed by atoms with E-state index in [4.69, 9.17) is 9.47 Å². The van der Waals surface area contributed by atoms with Crippen LogP contribution < -0.4 is 4.74 Å². The van der Waals surface area contributed by atoms with Crippen LogP contribution in [0.1, 0.15) is 48.5 Å². The van der Waals surface area contributed by atoms with Crippen molar-refractivity contribution in [1.82, 2.24) is 9.88 Å². The zero-order chi connectivity index (χ0) is 19.8. The van der Waals surface area contributed by atoms with E-state index < -0.39 is 0 Å². The molecule has 2 aliphatic carbocycles. The number of aliphatic hydroxyl groups excluding tert-OH is 2. The number of aromatic nitrogens is 1. The third-order valence-electron chi connectivity index (χ3n) is 7.15. The van der Waals surface area contributed by atoms with Crippen LogP contribution in [0.5, 0.6) is 5.75 Å². The Morgan fingerprint density at radius 3 is 2.72 bits per heavy atom. The number of pyridine rings is 1. The summed E-state index contributed by atoms with van der Waals surface area (Å²) in [5.74, 6) is 1.13. The number of ether oxygens (including phenoxy) is 2. The Morgan fingerprint density at radius 1 is 1.21 bits per heavy atom. The highest BCUT2D eigenvalue weighted by atomic mass is 32.1. The fraction of sp³-hybridized carbons (Fsp3) is 0.682. The smallest absolute Gasteiger partial charge is 0.131 e. The molecule has 1 saturated carbocycles. The molecule has 0 aromatic carbocycles. The maximum Gasteiger partial charge on any atom is 0.131 e. The van der Waals surface area contributed by atoms with Gasteiger partial charge in [0.05, 0.1) is 37.9 Å². The van der Waals surface area contributed by atoms with E-state index in [0.717, 1.165) is 80.8 Å². The lowest BCUT2D eigenvalue weighted by molar-refractivity contribution is -0.0706. The van der Waals surface area contributed by atoms with Crippen LogP contribution in [0, 0.1) is 0 Å². The molecule has 2 aromatic rings. The number of morpholine rings is 1. The summed E-state index contributed by atoms with van der Waals surface area (Å²) in [6, 6.07) is 1.98. The number of hydrogen-bond acceptors (Lipinski definition) is 7. The number of nitrogens with zero attached hydrogens (tertiary/aromatic N) is 2. The average molecular weight is 419 g/mol. The van der Waals surface area contributed by atoms with Crippen LogP contribution in [0.25, 0.3) is 10.2 Å². The molecule has 2 N–H and O–H groups in total. The molecular formula is C22H30N2O4S. The van der Waals surface area contributed by atoms with Gasteiger partial charge in [-0.15, -0.1) is 11.3 Å². The first-order chi connectivity index (χ1) is 14.2. The van der Waals surface area contributed by atoms with Gasteiger partial charge in [-0.1, -0.05) is 0 Å². The van der Waals surface area contributed by atoms with Crippen LogP contribution in [0.4, 0.5) is 0 Å². The lowest BCUT2D eigenvalue weighted by atomic mass is 9.79. The Balaban J connectivity index is 1.34. The molecule has 0 unspecified atom stereocenters. The molecular weight excluding hydrogens is 388 g/mol. The standard InChI is InChI=1S/C22H30N2O4S/c25-13-15-1-2-18-19(15)20-17(5-8-23-21(20)29-18)28-16-3-6-22(14-26,7-4-16)24-9-11-27-12-10-24/h5,8,15-16,25-26H,1-4,6-7,9-14H2/t15-,16-,22-/m1/s1. The van der Waals surface area contributed by atoms with E-state index in [1.165, 1.54) is 10.4 Å². The number of rotatable bonds is 5. The van der Waals surface area contributed by atoms with Gasteiger partial charge >= 0.3 is 0 Å². The van der Waals surface area contributed by atoms with Crippen molar-refractivity contribution in [2.75, 3.05) is 39.5 Å². The Hall–Kier alpha value is -1.25. The Kier molecular flexibility index (Phi) is 5.51. The zero-order valence-corrected chi connectivity index (χ0v) is 17.6. The van der Waals surface area contributed by atoms with Crippen molar-refractivity contribution in [3.63, 3.8) is 0 Å². The molecule has 6 nitrogen and oxygen atoms in total. The number of hydrogen-bond donors (Lipinski definition) is 2. The predicted octanol–water partition coefficient (Wildman–Crippen LogP) is 2.70. The van der Waals surface area contributed by atoms with Crippen molar-refractivity contribution in [3.8, 4) is 5.75 Å². The van der Waals surface area contributed by atoms with Crippen molar-refractivity contribution in [3.05, 3.63) is 22.7 Å². The summed E-state index contributed by atoms with van der Waals surface area (Å²) in [5, 5.41) is 21.1. The number of thiophene rings is 1. The summed E-state index contributed by atoms with van der Waals surface area (Å²) < 4.78 is 12.0. The molecule has 1 saturated heterocycles. The quantitative estimate of drug-likeness (QED) is 0.778. The molecule has 1 atom stereocenters. The van der Waals surface area contributed by atoms with E-state index in [0.29, 0.717) is 0 Å². The molecule has 3 aliphatic rings. The predicted molar refractivity (Wildman–Crippen MR) is 113 cm³/mol. The van der Waals surface area contributed by atoms with Crippen LogP contribution in [0.3, 0.4) is 0 Å². The Morgan fingerprint density at radius 2 is 2.00 bits per heavy atom. The van der Waals surface area contributed by atoms with Crippen LogP contribution in [-0.2, 0) is 11.2 Å². The molecule has 3 heterocycles. The van der Waals surface area contributed by atoms with E-state index in [1.807, 2.05) is 12.3 Å². The molecule has 7 heteroatoms. The molecule has 0 amide bonds. The molecule has 0 radical (unpaired) electrons. The second kappa shape index (κ2) is 8.12. The lowest BCUT2D eigenvalue weighted by Crippen LogP contribution is -2.58. The highest BCUT2D eigenvalue weighted by molar-refractivity contribution is 7.19. The van der Waals surface area contributed by atoms with Gasteiger partial charge in [-0.3, -0.25) is 4.90 Å². The second-order valence-corrected chi connectivity index (χ2v) is 9.73. The first-order valence-electron chi connectivity index (χ1n) is 10.9. The highest BCUT2D eigenvalue weighted by Crippen LogP contribution is 2.47. The minimum absolute atomic E-state index is 0.122. The fourth-order valence-electron chi connectivity index (χ4n) is 5.45. The maximum atomic E-state index is 10.2. The number of aryl methyl sites for hydroxylation is 1. The first kappa shape index (κ1) is 19.7. The van der Waals surface area contributed by atoms with E-state index in [2.05, 4.69) is 9.88 Å². The number of aliphatic hydroxyl groups is 2. The molecule has 29 heavy (non-hydrogen) atoms. The van der Waals surface area contributed by atoms with Gasteiger partial charge in [-0.25, -0.2) is 4.98 Å². The lowest BCUT2D eigenvalue weighted by Gasteiger charge is -2.48. The maximum absolute atomic E-state index is 10.2. The molecule has 2 fully saturated rings. The van der Waals surface area contributed by atoms with Crippen LogP contribution in [-0.4, -0.2) is 71.3 Å². The van der Waals surface area contributed by atoms with Gasteiger partial charge in [-0.05, 0) is 50.2 Å². The van der Waals surface area contributed by atoms with Crippen molar-refractivity contribution >= 4 is 21.6 Å². The third-order valence-corrected chi connectivity index (χ3v) is 8.32. The molecule has 158 valence electrons. The van der Waals surface area contributed by atoms with Gasteiger partial charge < -0.3 is 19.7 Å². The largest absolute Gasteiger partial charge is 0.490 e. The fourth-order valence-corrected chi connectivity index (χ4v) is 6.71. The van der Waals surface area contributed by atoms with Crippen molar-refractivity contribution in [2.45, 2.75) is 56.1 Å². The van der Waals surface area contributed by atoms with E-state index >= 15 is 0 Å². The highest BCUT2D eigenvalue weighted by Gasteiger charge is 2.41. The molecule has 1 aliphatic heterocycles. The minimum atomic E-state index is -0.122. The normalized spacial score (nSPS) is 30.6. The van der Waals surface area contributed by atoms with Gasteiger partial charge in [-0.2, -0.15) is 0 Å². The molecule has 0 bridgehead atoms. The second-order valence-electron chi connectivity index (χ2n) is 8.65. The van der Waals surface area contributed by atoms with E-state index in [9.17, 15) is 10.2 Å². The van der Waals surface area contributed by atoms with Gasteiger partial charge in [0.15, 0.2) is 0 Å². The van der Waals surface area contributed by atoms with Gasteiger partial charge in [0.2, 0.25) is 0 Å². The van der Waals surface area contributed by atoms with Gasteiger partial charge in [0, 0.05) is 35.6 Å². The monoisotopic (exact) mass is 418 g/mol. The summed E-state index contributed by atoms with van der Waals surface area (Å²) in [6.07, 6.45) is 7.83. The van der Waals surface area contributed by atoms with Crippen molar-refractivity contribution < 1.29 is 19.7 Å². The van der Waals surface area contributed by atoms with Crippen molar-refractivity contribution in [2.24, 2.45) is 0 Å². The summed E-state index contributed by atoms with van der Waals surface area (Å²) in [7, 11) is 0. The average Bonchev–Trinajstić information content (AvgIpc) is 3.34. The Labute approximate surface area is 175 Å². The molecule has 0 spiro atoms. The topological polar surface area (TPSA) is 75.1 Å². The van der Waals surface area contributed by atoms with Crippen LogP contribution >= 0.6 is 11.3 Å². The molecule has 5 rings (SSSR count). The SMILES string of the molecule is OC[C@H]1CCc2sc3nccc(O[C@H]4CC[C@](CO)(N5CCOCC5)CC4)c3c21. The zero-order valence-electron chi connectivity index (χ0n) is 16.8. The van der Waals surface area contributed by atoms with E-state index in [1.54, 1.807) is 11.3 Å². The summed E-state index contributed by atoms with van der Waals surface area (Å²) in [6.45, 7) is 3.71. The Bertz CT molecular complexity index is 856. The molecule has 2 aromatic heterocycles. The minimum Gasteiger partial charge on any atom is -0.490 e. The van der Waals surface area contributed by atoms with Gasteiger partial charge in [0.25, 0.3) is 0 Å².